The summed E-state index contributed by atoms with van der Waals surface area (Å²) in [6.45, 7) is 0.375. The Balaban J connectivity index is 1.34. The molecule has 178 valence electrons. The van der Waals surface area contributed by atoms with E-state index in [0.717, 1.165) is 35.3 Å². The van der Waals surface area contributed by atoms with Gasteiger partial charge in [-0.3, -0.25) is 14.5 Å². The number of rotatable bonds is 5. The van der Waals surface area contributed by atoms with E-state index >= 15 is 0 Å². The third-order valence-corrected chi connectivity index (χ3v) is 8.77. The number of aryl methyl sites for hydroxylation is 1. The first kappa shape index (κ1) is 22.5. The number of anilines is 1. The van der Waals surface area contributed by atoms with Gasteiger partial charge in [0.2, 0.25) is 15.9 Å². The van der Waals surface area contributed by atoms with Gasteiger partial charge in [-0.15, -0.1) is 0 Å². The van der Waals surface area contributed by atoms with Crippen molar-refractivity contribution in [2.24, 2.45) is 0 Å². The predicted octanol–water partition coefficient (Wildman–Crippen LogP) is 2.19. The number of carbonyl (C=O) groups is 3. The zero-order chi connectivity index (χ0) is 23.9. The second kappa shape index (κ2) is 8.52. The highest BCUT2D eigenvalue weighted by atomic mass is 32.2. The highest BCUT2D eigenvalue weighted by molar-refractivity contribution is 7.89. The zero-order valence-electron chi connectivity index (χ0n) is 18.6. The van der Waals surface area contributed by atoms with E-state index in [-0.39, 0.29) is 10.6 Å². The molecule has 0 saturated carbocycles. The van der Waals surface area contributed by atoms with E-state index in [1.54, 1.807) is 12.1 Å². The fourth-order valence-electron chi connectivity index (χ4n) is 5.11. The molecular weight excluding hydrogens is 456 g/mol. The number of imide groups is 1. The molecule has 2 aromatic carbocycles. The lowest BCUT2D eigenvalue weighted by molar-refractivity contribution is -0.134. The summed E-state index contributed by atoms with van der Waals surface area (Å²) in [7, 11) is -3.78. The van der Waals surface area contributed by atoms with Crippen LogP contribution in [0.25, 0.3) is 0 Å². The predicted molar refractivity (Wildman–Crippen MR) is 124 cm³/mol. The van der Waals surface area contributed by atoms with Crippen LogP contribution in [0.4, 0.5) is 10.5 Å². The quantitative estimate of drug-likeness (QED) is 0.634. The van der Waals surface area contributed by atoms with Crippen LogP contribution in [0.2, 0.25) is 0 Å². The number of fused-ring (bicyclic) bond motifs is 2. The zero-order valence-corrected chi connectivity index (χ0v) is 19.4. The summed E-state index contributed by atoms with van der Waals surface area (Å²) in [5.74, 6) is -1.11. The van der Waals surface area contributed by atoms with Crippen LogP contribution in [-0.4, -0.2) is 55.1 Å². The standard InChI is InChI=1S/C24H26N4O5S/c29-21(25-19-10-4-5-11-20(19)34(32,33)27-14-6-1-7-15-27)16-28-22(30)24(26-23(28)31)13-12-17-8-2-3-9-18(17)24/h2-5,8-11H,1,6-7,12-16H2,(H,25,29)(H,26,31). The molecule has 34 heavy (non-hydrogen) atoms. The number of piperidine rings is 1. The van der Waals surface area contributed by atoms with Gasteiger partial charge in [-0.1, -0.05) is 42.8 Å². The van der Waals surface area contributed by atoms with Crippen molar-refractivity contribution in [1.29, 1.82) is 0 Å². The number of urea groups is 1. The summed E-state index contributed by atoms with van der Waals surface area (Å²) in [6, 6.07) is 13.0. The van der Waals surface area contributed by atoms with Gasteiger partial charge in [0.1, 0.15) is 17.0 Å². The van der Waals surface area contributed by atoms with E-state index in [0.29, 0.717) is 25.9 Å². The minimum Gasteiger partial charge on any atom is -0.323 e. The Morgan fingerprint density at radius 2 is 1.71 bits per heavy atom. The average molecular weight is 483 g/mol. The molecule has 0 aromatic heterocycles. The summed E-state index contributed by atoms with van der Waals surface area (Å²) in [5, 5.41) is 5.39. The number of carbonyl (C=O) groups excluding carboxylic acids is 3. The molecule has 2 aliphatic heterocycles. The van der Waals surface area contributed by atoms with Crippen molar-refractivity contribution in [3.05, 3.63) is 59.7 Å². The lowest BCUT2D eigenvalue weighted by atomic mass is 9.92. The molecule has 2 saturated heterocycles. The molecule has 2 N–H and O–H groups in total. The van der Waals surface area contributed by atoms with Crippen molar-refractivity contribution in [1.82, 2.24) is 14.5 Å². The Bertz CT molecular complexity index is 1270. The fourth-order valence-corrected chi connectivity index (χ4v) is 6.77. The Hall–Kier alpha value is -3.24. The smallest absolute Gasteiger partial charge is 0.323 e. The fraction of sp³-hybridized carbons (Fsp3) is 0.375. The second-order valence-corrected chi connectivity index (χ2v) is 10.8. The number of hydrogen-bond acceptors (Lipinski definition) is 5. The minimum absolute atomic E-state index is 0.00337. The van der Waals surface area contributed by atoms with Crippen LogP contribution in [0.1, 0.15) is 36.8 Å². The summed E-state index contributed by atoms with van der Waals surface area (Å²) >= 11 is 0. The molecular formula is C24H26N4O5S. The lowest BCUT2D eigenvalue weighted by Gasteiger charge is -2.27. The van der Waals surface area contributed by atoms with Crippen LogP contribution in [0.15, 0.2) is 53.4 Å². The van der Waals surface area contributed by atoms with Gasteiger partial charge >= 0.3 is 6.03 Å². The van der Waals surface area contributed by atoms with E-state index in [2.05, 4.69) is 10.6 Å². The largest absolute Gasteiger partial charge is 0.325 e. The highest BCUT2D eigenvalue weighted by Crippen LogP contribution is 2.41. The van der Waals surface area contributed by atoms with Crippen LogP contribution in [0, 0.1) is 0 Å². The molecule has 3 aliphatic rings. The number of benzene rings is 2. The Morgan fingerprint density at radius 3 is 2.50 bits per heavy atom. The van der Waals surface area contributed by atoms with E-state index in [1.807, 2.05) is 24.3 Å². The molecule has 1 atom stereocenters. The van der Waals surface area contributed by atoms with Gasteiger partial charge in [0.15, 0.2) is 0 Å². The van der Waals surface area contributed by atoms with E-state index < -0.39 is 40.0 Å². The van der Waals surface area contributed by atoms with Crippen LogP contribution in [0.5, 0.6) is 0 Å². The second-order valence-electron chi connectivity index (χ2n) is 8.89. The Labute approximate surface area is 198 Å². The van der Waals surface area contributed by atoms with Gasteiger partial charge < -0.3 is 10.6 Å². The van der Waals surface area contributed by atoms with Crippen molar-refractivity contribution in [2.45, 2.75) is 42.5 Å². The first-order valence-corrected chi connectivity index (χ1v) is 12.9. The van der Waals surface area contributed by atoms with Crippen LogP contribution in [0.3, 0.4) is 0 Å². The third kappa shape index (κ3) is 3.67. The first-order chi connectivity index (χ1) is 16.3. The monoisotopic (exact) mass is 482 g/mol. The van der Waals surface area contributed by atoms with Crippen molar-refractivity contribution in [3.63, 3.8) is 0 Å². The van der Waals surface area contributed by atoms with Crippen molar-refractivity contribution >= 4 is 33.6 Å². The first-order valence-electron chi connectivity index (χ1n) is 11.4. The molecule has 10 heteroatoms. The molecule has 0 radical (unpaired) electrons. The molecule has 1 aliphatic carbocycles. The molecule has 2 heterocycles. The molecule has 5 rings (SSSR count). The molecule has 1 unspecified atom stereocenters. The number of hydrogen-bond donors (Lipinski definition) is 2. The maximum absolute atomic E-state index is 13.3. The average Bonchev–Trinajstić information content (AvgIpc) is 3.33. The molecule has 1 spiro atoms. The van der Waals surface area contributed by atoms with Gasteiger partial charge in [-0.25, -0.2) is 13.2 Å². The Kier molecular flexibility index (Phi) is 5.65. The number of sulfonamides is 1. The highest BCUT2D eigenvalue weighted by Gasteiger charge is 2.55. The van der Waals surface area contributed by atoms with E-state index in [1.165, 1.54) is 16.4 Å². The van der Waals surface area contributed by atoms with Crippen LogP contribution in [-0.2, 0) is 31.6 Å². The maximum Gasteiger partial charge on any atom is 0.325 e. The summed E-state index contributed by atoms with van der Waals surface area (Å²) in [4.78, 5) is 39.7. The summed E-state index contributed by atoms with van der Waals surface area (Å²) in [6.07, 6.45) is 3.67. The number of nitrogens with one attached hydrogen (secondary N) is 2. The van der Waals surface area contributed by atoms with Crippen molar-refractivity contribution in [3.8, 4) is 0 Å². The van der Waals surface area contributed by atoms with Crippen LogP contribution >= 0.6 is 0 Å². The summed E-state index contributed by atoms with van der Waals surface area (Å²) < 4.78 is 27.8. The molecule has 2 fully saturated rings. The number of amides is 4. The Morgan fingerprint density at radius 1 is 1.00 bits per heavy atom. The topological polar surface area (TPSA) is 116 Å². The van der Waals surface area contributed by atoms with Gasteiger partial charge in [-0.2, -0.15) is 4.31 Å². The van der Waals surface area contributed by atoms with Gasteiger partial charge in [0, 0.05) is 13.1 Å². The van der Waals surface area contributed by atoms with Crippen molar-refractivity contribution in [2.75, 3.05) is 25.0 Å². The van der Waals surface area contributed by atoms with E-state index in [9.17, 15) is 22.8 Å². The SMILES string of the molecule is O=C(CN1C(=O)NC2(CCc3ccccc32)C1=O)Nc1ccccc1S(=O)(=O)N1CCCCC1. The minimum atomic E-state index is -3.78. The van der Waals surface area contributed by atoms with Gasteiger partial charge in [-0.05, 0) is 48.9 Å². The third-order valence-electron chi connectivity index (χ3n) is 6.82. The number of nitrogens with zero attached hydrogens (tertiary/aromatic N) is 2. The maximum atomic E-state index is 13.3. The van der Waals surface area contributed by atoms with Crippen molar-refractivity contribution < 1.29 is 22.8 Å². The molecule has 0 bridgehead atoms. The van der Waals surface area contributed by atoms with E-state index in [4.69, 9.17) is 0 Å². The molecule has 9 nitrogen and oxygen atoms in total. The lowest BCUT2D eigenvalue weighted by Crippen LogP contribution is -2.43. The molecule has 4 amide bonds. The summed E-state index contributed by atoms with van der Waals surface area (Å²) in [5.41, 5.74) is 0.739. The molecule has 2 aromatic rings. The van der Waals surface area contributed by atoms with Gasteiger partial charge in [0.05, 0.1) is 5.69 Å². The normalized spacial score (nSPS) is 22.6. The van der Waals surface area contributed by atoms with Crippen LogP contribution < -0.4 is 10.6 Å². The number of para-hydroxylation sites is 1. The van der Waals surface area contributed by atoms with Gasteiger partial charge in [0.25, 0.3) is 5.91 Å².